The van der Waals surface area contributed by atoms with Gasteiger partial charge < -0.3 is 4.90 Å². The number of unbranched alkanes of at least 4 members (excludes halogenated alkanes) is 8. The van der Waals surface area contributed by atoms with Gasteiger partial charge in [-0.05, 0) is 234 Å². The Morgan fingerprint density at radius 2 is 0.712 bits per heavy atom. The third-order valence-electron chi connectivity index (χ3n) is 18.8. The molecule has 1 nitrogen and oxygen atoms in total. The number of hydrogen-bond acceptors (Lipinski definition) is 1. The van der Waals surface area contributed by atoms with Crippen LogP contribution in [0.4, 0.5) is 17.1 Å². The lowest BCUT2D eigenvalue weighted by atomic mass is 9.38. The van der Waals surface area contributed by atoms with Crippen LogP contribution in [0.1, 0.15) is 174 Å². The van der Waals surface area contributed by atoms with Crippen LogP contribution in [0.5, 0.6) is 0 Å². The van der Waals surface area contributed by atoms with Gasteiger partial charge in [0.15, 0.2) is 0 Å². The molecule has 8 rings (SSSR count). The van der Waals surface area contributed by atoms with Gasteiger partial charge >= 0.3 is 0 Å². The van der Waals surface area contributed by atoms with E-state index in [-0.39, 0.29) is 12.1 Å². The van der Waals surface area contributed by atoms with E-state index < -0.39 is 0 Å². The smallest absolute Gasteiger partial charge is 0.207 e. The molecule has 0 N–H and O–H groups in total. The Morgan fingerprint density at radius 3 is 1.10 bits per heavy atom. The molecule has 1 aliphatic carbocycles. The van der Waals surface area contributed by atoms with Gasteiger partial charge in [0, 0.05) is 16.8 Å². The fourth-order valence-corrected chi connectivity index (χ4v) is 13.9. The Hall–Kier alpha value is -5.60. The molecule has 1 aliphatic rings. The van der Waals surface area contributed by atoms with Crippen LogP contribution in [0.2, 0.25) is 6.82 Å². The van der Waals surface area contributed by atoms with Gasteiger partial charge in [-0.15, -0.1) is 0 Å². The summed E-state index contributed by atoms with van der Waals surface area (Å²) in [5, 5.41) is 0. The first-order valence-electron chi connectivity index (χ1n) is 28.5. The third kappa shape index (κ3) is 9.71. The minimum Gasteiger partial charge on any atom is -0.310 e. The molecule has 380 valence electrons. The maximum atomic E-state index is 2.70. The standard InChI is InChI=1S/C71H88BN/c1-17-19-21-23-31-41-71(42-32-24-22-20-18-2)64-43-58(66-48(6)46(4)45(3)47(5)49(66)7)37-39-62(64)63-40-38-59(44-65(63)71)67-50(8)52(10)68(53(11)51(67)9)72(16)69-54(12)56(14)70(57(15)55(69)13)73(60-33-27-25-28-34-60)61-35-29-26-30-36-61/h25-30,33-40,43-44H,17-24,31-32,41-42H2,1-16H3. The molecule has 0 heterocycles. The zero-order valence-electron chi connectivity index (χ0n) is 48.2. The van der Waals surface area contributed by atoms with Crippen molar-refractivity contribution in [2.24, 2.45) is 0 Å². The molecule has 0 amide bonds. The van der Waals surface area contributed by atoms with Crippen molar-refractivity contribution >= 4 is 34.7 Å². The molecule has 0 atom stereocenters. The van der Waals surface area contributed by atoms with Gasteiger partial charge in [-0.25, -0.2) is 0 Å². The molecule has 0 bridgehead atoms. The molecule has 0 saturated carbocycles. The number of rotatable bonds is 19. The molecule has 7 aromatic rings. The molecule has 0 fully saturated rings. The summed E-state index contributed by atoms with van der Waals surface area (Å²) in [4.78, 5) is 2.47. The van der Waals surface area contributed by atoms with Gasteiger partial charge in [-0.2, -0.15) is 0 Å². The predicted molar refractivity (Wildman–Crippen MR) is 324 cm³/mol. The fourth-order valence-electron chi connectivity index (χ4n) is 13.9. The first-order chi connectivity index (χ1) is 35.0. The summed E-state index contributed by atoms with van der Waals surface area (Å²) in [6.07, 6.45) is 15.4. The molecule has 7 aromatic carbocycles. The summed E-state index contributed by atoms with van der Waals surface area (Å²) in [6.45, 7) is 38.2. The molecule has 0 saturated heterocycles. The van der Waals surface area contributed by atoms with E-state index in [9.17, 15) is 0 Å². The summed E-state index contributed by atoms with van der Waals surface area (Å²) in [7, 11) is 0. The lowest BCUT2D eigenvalue weighted by Crippen LogP contribution is -2.46. The summed E-state index contributed by atoms with van der Waals surface area (Å²) >= 11 is 0. The maximum absolute atomic E-state index is 2.70. The fraction of sp³-hybridized carbons (Fsp3) is 0.408. The van der Waals surface area contributed by atoms with E-state index in [1.54, 1.807) is 11.1 Å². The maximum Gasteiger partial charge on any atom is 0.207 e. The second-order valence-corrected chi connectivity index (χ2v) is 22.7. The Labute approximate surface area is 444 Å². The van der Waals surface area contributed by atoms with E-state index in [0.717, 1.165) is 0 Å². The highest BCUT2D eigenvalue weighted by molar-refractivity contribution is 6.85. The number of hydrogen-bond donors (Lipinski definition) is 0. The molecule has 0 spiro atoms. The lowest BCUT2D eigenvalue weighted by Gasteiger charge is -2.34. The van der Waals surface area contributed by atoms with Crippen LogP contribution in [0.25, 0.3) is 33.4 Å². The van der Waals surface area contributed by atoms with E-state index >= 15 is 0 Å². The summed E-state index contributed by atoms with van der Waals surface area (Å²) in [6, 6.07) is 37.2. The topological polar surface area (TPSA) is 3.24 Å². The van der Waals surface area contributed by atoms with Crippen molar-refractivity contribution in [3.63, 3.8) is 0 Å². The molecule has 0 aliphatic heterocycles. The Balaban J connectivity index is 1.26. The minimum atomic E-state index is -0.0282. The predicted octanol–water partition coefficient (Wildman–Crippen LogP) is 19.7. The number of nitrogens with zero attached hydrogens (tertiary/aromatic N) is 1. The number of benzene rings is 7. The van der Waals surface area contributed by atoms with E-state index in [1.165, 1.54) is 211 Å². The van der Waals surface area contributed by atoms with Gasteiger partial charge in [0.05, 0.1) is 5.69 Å². The van der Waals surface area contributed by atoms with Crippen LogP contribution in [0, 0.1) is 90.0 Å². The van der Waals surface area contributed by atoms with Crippen molar-refractivity contribution in [2.75, 3.05) is 4.90 Å². The lowest BCUT2D eigenvalue weighted by molar-refractivity contribution is 0.399. The molecular weight excluding hydrogens is 878 g/mol. The quantitative estimate of drug-likeness (QED) is 0.0577. The van der Waals surface area contributed by atoms with Gasteiger partial charge in [-0.3, -0.25) is 0 Å². The van der Waals surface area contributed by atoms with Crippen molar-refractivity contribution in [1.29, 1.82) is 0 Å². The molecule has 0 radical (unpaired) electrons. The summed E-state index contributed by atoms with van der Waals surface area (Å²) in [5.41, 5.74) is 36.7. The van der Waals surface area contributed by atoms with Crippen molar-refractivity contribution < 1.29 is 0 Å². The van der Waals surface area contributed by atoms with E-state index in [4.69, 9.17) is 0 Å². The molecule has 0 unspecified atom stereocenters. The zero-order valence-corrected chi connectivity index (χ0v) is 48.2. The van der Waals surface area contributed by atoms with Crippen molar-refractivity contribution in [3.05, 3.63) is 181 Å². The second-order valence-electron chi connectivity index (χ2n) is 22.7. The van der Waals surface area contributed by atoms with Gasteiger partial charge in [0.2, 0.25) is 6.71 Å². The summed E-state index contributed by atoms with van der Waals surface area (Å²) < 4.78 is 0. The van der Waals surface area contributed by atoms with Gasteiger partial charge in [0.25, 0.3) is 0 Å². The average molecular weight is 966 g/mol. The Morgan fingerprint density at radius 1 is 0.370 bits per heavy atom. The number of para-hydroxylation sites is 2. The Bertz CT molecular complexity index is 2990. The van der Waals surface area contributed by atoms with Crippen LogP contribution in [-0.4, -0.2) is 6.71 Å². The van der Waals surface area contributed by atoms with Crippen molar-refractivity contribution in [2.45, 2.75) is 193 Å². The van der Waals surface area contributed by atoms with Crippen LogP contribution >= 0.6 is 0 Å². The Kier molecular flexibility index (Phi) is 16.5. The zero-order chi connectivity index (χ0) is 52.5. The third-order valence-corrected chi connectivity index (χ3v) is 18.8. The van der Waals surface area contributed by atoms with Crippen molar-refractivity contribution in [1.82, 2.24) is 0 Å². The van der Waals surface area contributed by atoms with Gasteiger partial charge in [-0.1, -0.05) is 179 Å². The van der Waals surface area contributed by atoms with Crippen LogP contribution in [0.15, 0.2) is 97.1 Å². The second kappa shape index (κ2) is 22.5. The van der Waals surface area contributed by atoms with Gasteiger partial charge in [0.1, 0.15) is 0 Å². The first-order valence-corrected chi connectivity index (χ1v) is 28.5. The van der Waals surface area contributed by atoms with E-state index in [2.05, 4.69) is 213 Å². The highest BCUT2D eigenvalue weighted by Crippen LogP contribution is 2.56. The normalized spacial score (nSPS) is 12.6. The van der Waals surface area contributed by atoms with Crippen LogP contribution < -0.4 is 15.8 Å². The van der Waals surface area contributed by atoms with Crippen LogP contribution in [0.3, 0.4) is 0 Å². The van der Waals surface area contributed by atoms with E-state index in [1.807, 2.05) is 0 Å². The monoisotopic (exact) mass is 966 g/mol. The van der Waals surface area contributed by atoms with Crippen molar-refractivity contribution in [3.8, 4) is 33.4 Å². The molecule has 0 aromatic heterocycles. The summed E-state index contributed by atoms with van der Waals surface area (Å²) in [5.74, 6) is 0. The van der Waals surface area contributed by atoms with Crippen LogP contribution in [-0.2, 0) is 5.41 Å². The van der Waals surface area contributed by atoms with E-state index in [0.29, 0.717) is 0 Å². The SMILES string of the molecule is CCCCCCCC1(CCCCCCC)c2cc(-c3c(C)c(C)c(C)c(C)c3C)ccc2-c2ccc(-c3c(C)c(C)c(B(C)c4c(C)c(C)c(N(c5ccccc5)c5ccccc5)c(C)c4C)c(C)c3C)cc21. The number of fused-ring (bicyclic) bond motifs is 3. The number of anilines is 3. The highest BCUT2D eigenvalue weighted by atomic mass is 15.1. The molecule has 73 heavy (non-hydrogen) atoms. The molecular formula is C71H88BN. The first kappa shape index (κ1) is 53.7. The largest absolute Gasteiger partial charge is 0.310 e. The average Bonchev–Trinajstić information content (AvgIpc) is 3.65. The highest BCUT2D eigenvalue weighted by Gasteiger charge is 2.43. The minimum absolute atomic E-state index is 0.0282. The molecule has 2 heteroatoms.